The highest BCUT2D eigenvalue weighted by molar-refractivity contribution is 6.33. The lowest BCUT2D eigenvalue weighted by Gasteiger charge is -1.99. The molecule has 0 atom stereocenters. The molecular weight excluding hydrogens is 355 g/mol. The number of hydrogen-bond acceptors (Lipinski definition) is 3. The number of hydrazone groups is 1. The van der Waals surface area contributed by atoms with Crippen molar-refractivity contribution in [2.75, 3.05) is 0 Å². The second-order valence-electron chi connectivity index (χ2n) is 5.64. The smallest absolute Gasteiger partial charge is 0.307 e. The number of nitrogens with one attached hydrogen (secondary N) is 1. The van der Waals surface area contributed by atoms with E-state index in [1.165, 1.54) is 18.2 Å². The molecule has 0 fully saturated rings. The van der Waals surface area contributed by atoms with E-state index in [-0.39, 0.29) is 16.3 Å². The van der Waals surface area contributed by atoms with Gasteiger partial charge in [0.2, 0.25) is 0 Å². The fraction of sp³-hybridized carbons (Fsp3) is 0. The van der Waals surface area contributed by atoms with Crippen molar-refractivity contribution in [1.29, 1.82) is 0 Å². The maximum atomic E-state index is 13.7. The summed E-state index contributed by atoms with van der Waals surface area (Å²) in [5.41, 5.74) is 3.03. The number of carbonyl (C=O) groups excluding carboxylic acids is 1. The molecule has 4 aromatic rings. The maximum Gasteiger partial charge on any atom is 0.307 e. The minimum absolute atomic E-state index is 0.102. The third-order valence-electron chi connectivity index (χ3n) is 4.01. The van der Waals surface area contributed by atoms with Crippen molar-refractivity contribution in [2.45, 2.75) is 0 Å². The minimum atomic E-state index is -0.533. The molecule has 0 saturated carbocycles. The predicted molar refractivity (Wildman–Crippen MR) is 100 cm³/mol. The summed E-state index contributed by atoms with van der Waals surface area (Å²) in [6, 6.07) is 17.5. The normalized spacial score (nSPS) is 11.5. The third kappa shape index (κ3) is 2.93. The van der Waals surface area contributed by atoms with Gasteiger partial charge in [-0.3, -0.25) is 4.79 Å². The molecule has 0 saturated heterocycles. The lowest BCUT2D eigenvalue weighted by atomic mass is 10.1. The Bertz CT molecular complexity index is 1150. The van der Waals surface area contributed by atoms with Crippen LogP contribution in [0.2, 0.25) is 5.02 Å². The zero-order valence-electron chi connectivity index (χ0n) is 13.4. The number of rotatable bonds is 3. The lowest BCUT2D eigenvalue weighted by Crippen LogP contribution is -2.16. The van der Waals surface area contributed by atoms with Gasteiger partial charge >= 0.3 is 5.91 Å². The van der Waals surface area contributed by atoms with E-state index in [1.807, 2.05) is 36.4 Å². The van der Waals surface area contributed by atoms with Crippen LogP contribution in [0.5, 0.6) is 0 Å². The summed E-state index contributed by atoms with van der Waals surface area (Å²) in [4.78, 5) is 12.3. The van der Waals surface area contributed by atoms with E-state index in [1.54, 1.807) is 6.07 Å². The van der Waals surface area contributed by atoms with E-state index in [4.69, 9.17) is 16.0 Å². The molecule has 0 aliphatic carbocycles. The van der Waals surface area contributed by atoms with E-state index in [0.717, 1.165) is 22.4 Å². The first-order valence-corrected chi connectivity index (χ1v) is 8.20. The molecule has 4 rings (SSSR count). The van der Waals surface area contributed by atoms with E-state index in [2.05, 4.69) is 10.5 Å². The van der Waals surface area contributed by atoms with Gasteiger partial charge in [0.1, 0.15) is 11.4 Å². The number of benzene rings is 3. The number of fused-ring (bicyclic) bond motifs is 3. The van der Waals surface area contributed by atoms with Crippen LogP contribution >= 0.6 is 11.6 Å². The highest BCUT2D eigenvalue weighted by atomic mass is 35.5. The first-order valence-electron chi connectivity index (χ1n) is 7.82. The molecule has 1 aromatic heterocycles. The quantitative estimate of drug-likeness (QED) is 0.403. The lowest BCUT2D eigenvalue weighted by molar-refractivity contribution is 0.0929. The Morgan fingerprint density at radius 2 is 1.92 bits per heavy atom. The van der Waals surface area contributed by atoms with Crippen molar-refractivity contribution in [1.82, 2.24) is 5.43 Å². The standard InChI is InChI=1S/C20H12ClFN2O2/c21-16-6-3-7-17(22)15(16)11-23-24-20(25)19-10-14-13-5-2-1-4-12(13)8-9-18(14)26-19/h1-11H,(H,24,25)/b23-11+. The molecule has 0 aliphatic heterocycles. The van der Waals surface area contributed by atoms with Crippen molar-refractivity contribution in [3.63, 3.8) is 0 Å². The molecular formula is C20H12ClFN2O2. The molecule has 128 valence electrons. The van der Waals surface area contributed by atoms with Gasteiger partial charge in [0.05, 0.1) is 11.2 Å². The average Bonchev–Trinajstić information content (AvgIpc) is 3.09. The summed E-state index contributed by atoms with van der Waals surface area (Å²) in [6.45, 7) is 0. The van der Waals surface area contributed by atoms with Crippen LogP contribution in [0.4, 0.5) is 4.39 Å². The molecule has 26 heavy (non-hydrogen) atoms. The van der Waals surface area contributed by atoms with Crippen molar-refractivity contribution in [3.05, 3.63) is 82.8 Å². The maximum absolute atomic E-state index is 13.7. The summed E-state index contributed by atoms with van der Waals surface area (Å²) in [5, 5.41) is 6.86. The SMILES string of the molecule is O=C(N/N=C/c1c(F)cccc1Cl)c1cc2c(ccc3ccccc32)o1. The van der Waals surface area contributed by atoms with Crippen LogP contribution in [0.15, 0.2) is 70.2 Å². The van der Waals surface area contributed by atoms with Gasteiger partial charge in [0.15, 0.2) is 5.76 Å². The Balaban J connectivity index is 1.60. The molecule has 3 aromatic carbocycles. The van der Waals surface area contributed by atoms with Crippen LogP contribution < -0.4 is 5.43 Å². The number of furan rings is 1. The summed E-state index contributed by atoms with van der Waals surface area (Å²) >= 11 is 5.91. The van der Waals surface area contributed by atoms with E-state index >= 15 is 0 Å². The highest BCUT2D eigenvalue weighted by Gasteiger charge is 2.13. The number of amides is 1. The Morgan fingerprint density at radius 1 is 1.08 bits per heavy atom. The monoisotopic (exact) mass is 366 g/mol. The van der Waals surface area contributed by atoms with Crippen LogP contribution in [0.1, 0.15) is 16.1 Å². The van der Waals surface area contributed by atoms with E-state index < -0.39 is 11.7 Å². The first kappa shape index (κ1) is 16.3. The van der Waals surface area contributed by atoms with Gasteiger partial charge in [-0.15, -0.1) is 0 Å². The molecule has 1 amide bonds. The first-order chi connectivity index (χ1) is 12.6. The minimum Gasteiger partial charge on any atom is -0.451 e. The van der Waals surface area contributed by atoms with Gasteiger partial charge in [-0.25, -0.2) is 9.82 Å². The zero-order chi connectivity index (χ0) is 18.1. The van der Waals surface area contributed by atoms with Crippen molar-refractivity contribution in [2.24, 2.45) is 5.10 Å². The topological polar surface area (TPSA) is 54.6 Å². The second kappa shape index (κ2) is 6.61. The van der Waals surface area contributed by atoms with Crippen molar-refractivity contribution >= 4 is 45.5 Å². The molecule has 0 unspecified atom stereocenters. The highest BCUT2D eigenvalue weighted by Crippen LogP contribution is 2.28. The third-order valence-corrected chi connectivity index (χ3v) is 4.34. The number of hydrogen-bond donors (Lipinski definition) is 1. The summed E-state index contributed by atoms with van der Waals surface area (Å²) in [5.74, 6) is -0.937. The number of carbonyl (C=O) groups is 1. The number of halogens is 2. The molecule has 4 nitrogen and oxygen atoms in total. The summed E-state index contributed by atoms with van der Waals surface area (Å²) in [6.07, 6.45) is 1.16. The van der Waals surface area contributed by atoms with Crippen LogP contribution in [-0.2, 0) is 0 Å². The van der Waals surface area contributed by atoms with Crippen LogP contribution in [0.3, 0.4) is 0 Å². The van der Waals surface area contributed by atoms with Crippen molar-refractivity contribution < 1.29 is 13.6 Å². The molecule has 0 bridgehead atoms. The largest absolute Gasteiger partial charge is 0.451 e. The summed E-state index contributed by atoms with van der Waals surface area (Å²) in [7, 11) is 0. The van der Waals surface area contributed by atoms with Gasteiger partial charge in [-0.05, 0) is 35.0 Å². The van der Waals surface area contributed by atoms with Gasteiger partial charge in [-0.1, -0.05) is 48.0 Å². The fourth-order valence-corrected chi connectivity index (χ4v) is 2.96. The summed E-state index contributed by atoms with van der Waals surface area (Å²) < 4.78 is 19.3. The van der Waals surface area contributed by atoms with Gasteiger partial charge in [0, 0.05) is 10.9 Å². The molecule has 1 N–H and O–H groups in total. The van der Waals surface area contributed by atoms with Gasteiger partial charge in [-0.2, -0.15) is 5.10 Å². The van der Waals surface area contributed by atoms with Crippen molar-refractivity contribution in [3.8, 4) is 0 Å². The number of nitrogens with zero attached hydrogens (tertiary/aromatic N) is 1. The van der Waals surface area contributed by atoms with E-state index in [9.17, 15) is 9.18 Å². The van der Waals surface area contributed by atoms with Crippen LogP contribution in [-0.4, -0.2) is 12.1 Å². The molecule has 0 aliphatic rings. The van der Waals surface area contributed by atoms with E-state index in [0.29, 0.717) is 5.58 Å². The van der Waals surface area contributed by atoms with Gasteiger partial charge < -0.3 is 4.42 Å². The average molecular weight is 367 g/mol. The Kier molecular flexibility index (Phi) is 4.14. The zero-order valence-corrected chi connectivity index (χ0v) is 14.1. The molecule has 0 radical (unpaired) electrons. The molecule has 1 heterocycles. The Labute approximate surface area is 152 Å². The molecule has 6 heteroatoms. The predicted octanol–water partition coefficient (Wildman–Crippen LogP) is 5.14. The fourth-order valence-electron chi connectivity index (χ4n) is 2.75. The van der Waals surface area contributed by atoms with Crippen LogP contribution in [0, 0.1) is 5.82 Å². The molecule has 0 spiro atoms. The van der Waals surface area contributed by atoms with Gasteiger partial charge in [0.25, 0.3) is 0 Å². The van der Waals surface area contributed by atoms with Crippen LogP contribution in [0.25, 0.3) is 21.7 Å². The Morgan fingerprint density at radius 3 is 2.77 bits per heavy atom. The second-order valence-corrected chi connectivity index (χ2v) is 6.05. The Hall–Kier alpha value is -3.18.